The van der Waals surface area contributed by atoms with E-state index in [9.17, 15) is 0 Å². The second kappa shape index (κ2) is 3.84. The molecule has 1 fully saturated rings. The van der Waals surface area contributed by atoms with Crippen molar-refractivity contribution in [3.63, 3.8) is 0 Å². The van der Waals surface area contributed by atoms with Crippen LogP contribution in [0.25, 0.3) is 0 Å². The maximum absolute atomic E-state index is 4.52. The zero-order valence-electron chi connectivity index (χ0n) is 9.95. The van der Waals surface area contributed by atoms with E-state index in [0.29, 0.717) is 5.41 Å². The van der Waals surface area contributed by atoms with Crippen molar-refractivity contribution in [3.05, 3.63) is 23.9 Å². The predicted molar refractivity (Wildman–Crippen MR) is 64.2 cm³/mol. The zero-order valence-corrected chi connectivity index (χ0v) is 9.95. The van der Waals surface area contributed by atoms with Crippen LogP contribution in [-0.2, 0) is 6.42 Å². The normalized spacial score (nSPS) is 19.5. The van der Waals surface area contributed by atoms with Gasteiger partial charge in [0.25, 0.3) is 0 Å². The Balaban J connectivity index is 2.23. The summed E-state index contributed by atoms with van der Waals surface area (Å²) >= 11 is 0. The molecule has 2 nitrogen and oxygen atoms in total. The summed E-state index contributed by atoms with van der Waals surface area (Å²) in [5.74, 6) is 1.20. The van der Waals surface area contributed by atoms with Gasteiger partial charge in [-0.1, -0.05) is 26.8 Å². The van der Waals surface area contributed by atoms with Crippen molar-refractivity contribution in [1.82, 2.24) is 4.98 Å². The summed E-state index contributed by atoms with van der Waals surface area (Å²) in [7, 11) is 0. The van der Waals surface area contributed by atoms with Crippen molar-refractivity contribution < 1.29 is 0 Å². The van der Waals surface area contributed by atoms with Gasteiger partial charge in [0.1, 0.15) is 5.82 Å². The molecule has 2 heterocycles. The quantitative estimate of drug-likeness (QED) is 0.736. The third-order valence-corrected chi connectivity index (χ3v) is 3.23. The van der Waals surface area contributed by atoms with Crippen LogP contribution < -0.4 is 4.90 Å². The third-order valence-electron chi connectivity index (χ3n) is 3.23. The Morgan fingerprint density at radius 3 is 2.87 bits per heavy atom. The van der Waals surface area contributed by atoms with Gasteiger partial charge in [-0.2, -0.15) is 0 Å². The molecule has 0 radical (unpaired) electrons. The van der Waals surface area contributed by atoms with Gasteiger partial charge in [-0.3, -0.25) is 0 Å². The van der Waals surface area contributed by atoms with Gasteiger partial charge in [0.15, 0.2) is 0 Å². The van der Waals surface area contributed by atoms with Crippen LogP contribution in [0.2, 0.25) is 0 Å². The number of rotatable bonds is 2. The topological polar surface area (TPSA) is 16.1 Å². The van der Waals surface area contributed by atoms with E-state index in [1.807, 2.05) is 12.3 Å². The summed E-state index contributed by atoms with van der Waals surface area (Å²) in [5, 5.41) is 0. The number of anilines is 1. The number of pyridine rings is 1. The summed E-state index contributed by atoms with van der Waals surface area (Å²) in [6, 6.07) is 4.22. The molecule has 0 amide bonds. The van der Waals surface area contributed by atoms with Crippen molar-refractivity contribution in [1.29, 1.82) is 0 Å². The van der Waals surface area contributed by atoms with Crippen LogP contribution in [-0.4, -0.2) is 18.1 Å². The van der Waals surface area contributed by atoms with Gasteiger partial charge in [-0.05, 0) is 29.9 Å². The number of hydrogen-bond acceptors (Lipinski definition) is 2. The van der Waals surface area contributed by atoms with Gasteiger partial charge < -0.3 is 4.90 Å². The lowest BCUT2D eigenvalue weighted by Crippen LogP contribution is -2.24. The Bertz CT molecular complexity index is 344. The van der Waals surface area contributed by atoms with Crippen molar-refractivity contribution >= 4 is 5.82 Å². The number of nitrogens with zero attached hydrogens (tertiary/aromatic N) is 2. The molecule has 0 atom stereocenters. The second-order valence-corrected chi connectivity index (χ2v) is 5.18. The van der Waals surface area contributed by atoms with E-state index < -0.39 is 0 Å². The molecule has 0 bridgehead atoms. The zero-order chi connectivity index (χ0) is 10.9. The summed E-state index contributed by atoms with van der Waals surface area (Å²) in [6.45, 7) is 9.15. The maximum atomic E-state index is 4.52. The molecule has 1 aliphatic heterocycles. The lowest BCUT2D eigenvalue weighted by Gasteiger charge is -2.22. The van der Waals surface area contributed by atoms with Crippen LogP contribution in [0.4, 0.5) is 5.82 Å². The van der Waals surface area contributed by atoms with Crippen LogP contribution in [0.15, 0.2) is 18.3 Å². The fourth-order valence-electron chi connectivity index (χ4n) is 2.28. The van der Waals surface area contributed by atoms with Crippen LogP contribution in [0.3, 0.4) is 0 Å². The summed E-state index contributed by atoms with van der Waals surface area (Å²) in [5.41, 5.74) is 1.82. The molecule has 0 N–H and O–H groups in total. The van der Waals surface area contributed by atoms with Crippen molar-refractivity contribution in [2.24, 2.45) is 5.41 Å². The first-order chi connectivity index (χ1) is 7.12. The standard InChI is InChI=1S/C13H20N2/c1-4-11-6-5-8-14-12(11)15-9-7-13(2,3)10-15/h5-6,8H,4,7,9-10H2,1-3H3. The minimum Gasteiger partial charge on any atom is -0.356 e. The number of aromatic nitrogens is 1. The first-order valence-corrected chi connectivity index (χ1v) is 5.81. The number of hydrogen-bond donors (Lipinski definition) is 0. The molecule has 2 rings (SSSR count). The molecule has 1 aromatic rings. The van der Waals surface area contributed by atoms with E-state index in [1.54, 1.807) is 0 Å². The highest BCUT2D eigenvalue weighted by Gasteiger charge is 2.30. The highest BCUT2D eigenvalue weighted by Crippen LogP contribution is 2.32. The van der Waals surface area contributed by atoms with E-state index in [1.165, 1.54) is 17.8 Å². The molecule has 0 saturated carbocycles. The van der Waals surface area contributed by atoms with E-state index in [-0.39, 0.29) is 0 Å². The van der Waals surface area contributed by atoms with E-state index in [0.717, 1.165) is 19.5 Å². The van der Waals surface area contributed by atoms with E-state index in [4.69, 9.17) is 0 Å². The molecule has 0 unspecified atom stereocenters. The predicted octanol–water partition coefficient (Wildman–Crippen LogP) is 2.88. The molecule has 82 valence electrons. The van der Waals surface area contributed by atoms with Gasteiger partial charge in [0.05, 0.1) is 0 Å². The van der Waals surface area contributed by atoms with Crippen LogP contribution in [0.5, 0.6) is 0 Å². The first kappa shape index (κ1) is 10.5. The smallest absolute Gasteiger partial charge is 0.131 e. The first-order valence-electron chi connectivity index (χ1n) is 5.81. The van der Waals surface area contributed by atoms with Crippen molar-refractivity contribution in [3.8, 4) is 0 Å². The van der Waals surface area contributed by atoms with Gasteiger partial charge in [0.2, 0.25) is 0 Å². The minimum absolute atomic E-state index is 0.447. The summed E-state index contributed by atoms with van der Waals surface area (Å²) in [6.07, 6.45) is 4.24. The number of aryl methyl sites for hydroxylation is 1. The van der Waals surface area contributed by atoms with E-state index in [2.05, 4.69) is 36.7 Å². The molecule has 2 heteroatoms. The SMILES string of the molecule is CCc1cccnc1N1CCC(C)(C)C1. The molecule has 1 saturated heterocycles. The molecule has 1 aliphatic rings. The maximum Gasteiger partial charge on any atom is 0.131 e. The molecule has 1 aromatic heterocycles. The highest BCUT2D eigenvalue weighted by molar-refractivity contribution is 5.47. The Labute approximate surface area is 92.3 Å². The monoisotopic (exact) mass is 204 g/mol. The lowest BCUT2D eigenvalue weighted by molar-refractivity contribution is 0.418. The molecule has 0 aromatic carbocycles. The second-order valence-electron chi connectivity index (χ2n) is 5.18. The fraction of sp³-hybridized carbons (Fsp3) is 0.615. The van der Waals surface area contributed by atoms with Gasteiger partial charge in [0, 0.05) is 19.3 Å². The van der Waals surface area contributed by atoms with Gasteiger partial charge in [-0.15, -0.1) is 0 Å². The lowest BCUT2D eigenvalue weighted by atomic mass is 9.93. The van der Waals surface area contributed by atoms with Crippen LogP contribution in [0, 0.1) is 5.41 Å². The Hall–Kier alpha value is -1.05. The third kappa shape index (κ3) is 2.14. The Kier molecular flexibility index (Phi) is 2.68. The van der Waals surface area contributed by atoms with E-state index >= 15 is 0 Å². The molecular weight excluding hydrogens is 184 g/mol. The average Bonchev–Trinajstić information content (AvgIpc) is 2.59. The van der Waals surface area contributed by atoms with Gasteiger partial charge in [-0.25, -0.2) is 4.98 Å². The molecule has 15 heavy (non-hydrogen) atoms. The molecule has 0 aliphatic carbocycles. The fourth-order valence-corrected chi connectivity index (χ4v) is 2.28. The molecular formula is C13H20N2. The van der Waals surface area contributed by atoms with Crippen LogP contribution >= 0.6 is 0 Å². The highest BCUT2D eigenvalue weighted by atomic mass is 15.2. The summed E-state index contributed by atoms with van der Waals surface area (Å²) in [4.78, 5) is 6.95. The minimum atomic E-state index is 0.447. The largest absolute Gasteiger partial charge is 0.356 e. The van der Waals surface area contributed by atoms with Crippen LogP contribution in [0.1, 0.15) is 32.8 Å². The summed E-state index contributed by atoms with van der Waals surface area (Å²) < 4.78 is 0. The Morgan fingerprint density at radius 2 is 2.27 bits per heavy atom. The van der Waals surface area contributed by atoms with Gasteiger partial charge >= 0.3 is 0 Å². The Morgan fingerprint density at radius 1 is 1.47 bits per heavy atom. The van der Waals surface area contributed by atoms with Crippen molar-refractivity contribution in [2.45, 2.75) is 33.6 Å². The molecule has 0 spiro atoms. The van der Waals surface area contributed by atoms with Crippen molar-refractivity contribution in [2.75, 3.05) is 18.0 Å². The average molecular weight is 204 g/mol.